The van der Waals surface area contributed by atoms with Crippen LogP contribution in [0.15, 0.2) is 60.7 Å². The van der Waals surface area contributed by atoms with Crippen LogP contribution in [0.2, 0.25) is 10.6 Å². The van der Waals surface area contributed by atoms with Crippen LogP contribution in [-0.2, 0) is 9.53 Å². The SMILES string of the molecule is CC(=O)[C@]1(O)C[C@@H]([Si](c2ccccc2)(c2ccccc2)C(C)(C)C)CN1C(=O)OC(C)(C)C. The van der Waals surface area contributed by atoms with E-state index in [0.29, 0.717) is 0 Å². The Morgan fingerprint density at radius 1 is 0.939 bits per heavy atom. The number of Topliss-reactive ketones (excluding diaryl/α,β-unsaturated/α-hetero) is 1. The molecule has 0 aliphatic carbocycles. The molecule has 1 amide bonds. The van der Waals surface area contributed by atoms with Gasteiger partial charge in [-0.3, -0.25) is 9.69 Å². The molecule has 1 aliphatic heterocycles. The van der Waals surface area contributed by atoms with Gasteiger partial charge in [0.25, 0.3) is 0 Å². The Morgan fingerprint density at radius 3 is 1.76 bits per heavy atom. The van der Waals surface area contributed by atoms with Crippen LogP contribution in [0.25, 0.3) is 0 Å². The number of aliphatic hydroxyl groups is 1. The lowest BCUT2D eigenvalue weighted by Gasteiger charge is -2.48. The van der Waals surface area contributed by atoms with Gasteiger partial charge in [0.15, 0.2) is 5.78 Å². The molecule has 0 unspecified atom stereocenters. The fourth-order valence-corrected chi connectivity index (χ4v) is 12.3. The largest absolute Gasteiger partial charge is 0.444 e. The van der Waals surface area contributed by atoms with E-state index in [0.717, 1.165) is 0 Å². The summed E-state index contributed by atoms with van der Waals surface area (Å²) in [6.45, 7) is 13.7. The fraction of sp³-hybridized carbons (Fsp3) is 0.481. The Morgan fingerprint density at radius 2 is 1.39 bits per heavy atom. The maximum Gasteiger partial charge on any atom is 0.412 e. The van der Waals surface area contributed by atoms with Gasteiger partial charge in [-0.2, -0.15) is 0 Å². The van der Waals surface area contributed by atoms with Gasteiger partial charge in [0.1, 0.15) is 13.7 Å². The van der Waals surface area contributed by atoms with Crippen LogP contribution >= 0.6 is 0 Å². The molecule has 2 aromatic rings. The number of carbonyl (C=O) groups is 2. The Bertz CT molecular complexity index is 955. The summed E-state index contributed by atoms with van der Waals surface area (Å²) in [6.07, 6.45) is -0.463. The fourth-order valence-electron chi connectivity index (χ4n) is 5.57. The molecule has 1 fully saturated rings. The highest BCUT2D eigenvalue weighted by Gasteiger charge is 2.62. The molecule has 3 rings (SSSR count). The lowest BCUT2D eigenvalue weighted by molar-refractivity contribution is -0.150. The molecular formula is C27H37NO4Si. The summed E-state index contributed by atoms with van der Waals surface area (Å²) in [7, 11) is -2.66. The van der Waals surface area contributed by atoms with E-state index in [2.05, 4.69) is 45.0 Å². The van der Waals surface area contributed by atoms with Crippen LogP contribution in [0.4, 0.5) is 4.79 Å². The molecule has 1 N–H and O–H groups in total. The third-order valence-corrected chi connectivity index (χ3v) is 13.3. The van der Waals surface area contributed by atoms with Crippen molar-refractivity contribution >= 4 is 30.3 Å². The molecule has 0 saturated carbocycles. The summed E-state index contributed by atoms with van der Waals surface area (Å²) >= 11 is 0. The lowest BCUT2D eigenvalue weighted by Crippen LogP contribution is -2.67. The molecule has 0 radical (unpaired) electrons. The normalized spacial score (nSPS) is 21.7. The highest BCUT2D eigenvalue weighted by molar-refractivity contribution is 7.05. The van der Waals surface area contributed by atoms with Gasteiger partial charge in [-0.05, 0) is 38.3 Å². The van der Waals surface area contributed by atoms with E-state index in [1.807, 2.05) is 36.4 Å². The van der Waals surface area contributed by atoms with Crippen LogP contribution in [0.5, 0.6) is 0 Å². The molecule has 2 atom stereocenters. The number of ether oxygens (including phenoxy) is 1. The standard InChI is InChI=1S/C27H37NO4Si/c1-20(29)27(31)18-23(19-28(27)24(30)32-25(2,3)4)33(26(5,6)7,21-14-10-8-11-15-21)22-16-12-9-13-17-22/h8-17,23,31H,18-19H2,1-7H3/t23-,27-/m1/s1. The van der Waals surface area contributed by atoms with E-state index in [1.165, 1.54) is 22.2 Å². The van der Waals surface area contributed by atoms with E-state index in [1.54, 1.807) is 20.8 Å². The number of amides is 1. The number of ketones is 1. The van der Waals surface area contributed by atoms with Gasteiger partial charge in [-0.25, -0.2) is 4.79 Å². The molecule has 1 heterocycles. The Kier molecular flexibility index (Phi) is 6.66. The van der Waals surface area contributed by atoms with Crippen LogP contribution in [0.3, 0.4) is 0 Å². The zero-order valence-corrected chi connectivity index (χ0v) is 21.9. The molecule has 6 heteroatoms. The molecular weight excluding hydrogens is 430 g/mol. The predicted molar refractivity (Wildman–Crippen MR) is 135 cm³/mol. The summed E-state index contributed by atoms with van der Waals surface area (Å²) in [5.74, 6) is -0.436. The summed E-state index contributed by atoms with van der Waals surface area (Å²) in [6, 6.07) is 20.8. The Hall–Kier alpha value is -2.44. The van der Waals surface area contributed by atoms with Gasteiger partial charge in [-0.15, -0.1) is 0 Å². The zero-order chi connectivity index (χ0) is 24.7. The number of hydrogen-bond donors (Lipinski definition) is 1. The van der Waals surface area contributed by atoms with E-state index in [-0.39, 0.29) is 23.5 Å². The minimum Gasteiger partial charge on any atom is -0.444 e. The Balaban J connectivity index is 2.23. The number of carbonyl (C=O) groups excluding carboxylic acids is 2. The van der Waals surface area contributed by atoms with E-state index in [9.17, 15) is 14.7 Å². The summed E-state index contributed by atoms with van der Waals surface area (Å²) in [4.78, 5) is 27.2. The highest BCUT2D eigenvalue weighted by Crippen LogP contribution is 2.50. The number of rotatable bonds is 4. The molecule has 5 nitrogen and oxygen atoms in total. The summed E-state index contributed by atoms with van der Waals surface area (Å²) < 4.78 is 5.62. The molecule has 1 saturated heterocycles. The van der Waals surface area contributed by atoms with Crippen molar-refractivity contribution in [2.75, 3.05) is 6.54 Å². The summed E-state index contributed by atoms with van der Waals surface area (Å²) in [5.41, 5.74) is -2.71. The van der Waals surface area contributed by atoms with Gasteiger partial charge in [-0.1, -0.05) is 91.8 Å². The van der Waals surface area contributed by atoms with E-state index < -0.39 is 31.3 Å². The van der Waals surface area contributed by atoms with Crippen molar-refractivity contribution in [2.24, 2.45) is 0 Å². The maximum absolute atomic E-state index is 13.2. The molecule has 0 bridgehead atoms. The number of hydrogen-bond acceptors (Lipinski definition) is 4. The number of benzene rings is 2. The topological polar surface area (TPSA) is 66.8 Å². The van der Waals surface area contributed by atoms with Gasteiger partial charge >= 0.3 is 6.09 Å². The molecule has 178 valence electrons. The molecule has 1 aliphatic rings. The Labute approximate surface area is 198 Å². The van der Waals surface area contributed by atoms with Crippen molar-refractivity contribution in [1.29, 1.82) is 0 Å². The second-order valence-corrected chi connectivity index (χ2v) is 16.2. The maximum atomic E-state index is 13.2. The van der Waals surface area contributed by atoms with Crippen molar-refractivity contribution in [3.8, 4) is 0 Å². The van der Waals surface area contributed by atoms with Crippen LogP contribution in [0, 0.1) is 0 Å². The van der Waals surface area contributed by atoms with Crippen LogP contribution in [0.1, 0.15) is 54.9 Å². The molecule has 33 heavy (non-hydrogen) atoms. The molecule has 0 aromatic heterocycles. The molecule has 0 spiro atoms. The van der Waals surface area contributed by atoms with Crippen molar-refractivity contribution in [2.45, 2.75) is 76.8 Å². The predicted octanol–water partition coefficient (Wildman–Crippen LogP) is 4.34. The van der Waals surface area contributed by atoms with E-state index in [4.69, 9.17) is 4.74 Å². The van der Waals surface area contributed by atoms with Crippen LogP contribution < -0.4 is 10.4 Å². The average Bonchev–Trinajstić information content (AvgIpc) is 3.07. The van der Waals surface area contributed by atoms with Gasteiger partial charge in [0, 0.05) is 13.0 Å². The van der Waals surface area contributed by atoms with Crippen molar-refractivity contribution < 1.29 is 19.4 Å². The highest BCUT2D eigenvalue weighted by atomic mass is 28.3. The van der Waals surface area contributed by atoms with E-state index >= 15 is 0 Å². The lowest BCUT2D eigenvalue weighted by atomic mass is 10.1. The van der Waals surface area contributed by atoms with Crippen molar-refractivity contribution in [3.05, 3.63) is 60.7 Å². The quantitative estimate of drug-likeness (QED) is 0.680. The van der Waals surface area contributed by atoms with Crippen LogP contribution in [-0.4, -0.2) is 47.8 Å². The summed E-state index contributed by atoms with van der Waals surface area (Å²) in [5, 5.41) is 13.9. The van der Waals surface area contributed by atoms with Crippen molar-refractivity contribution in [1.82, 2.24) is 4.90 Å². The zero-order valence-electron chi connectivity index (χ0n) is 20.9. The van der Waals surface area contributed by atoms with Gasteiger partial charge < -0.3 is 9.84 Å². The first-order valence-corrected chi connectivity index (χ1v) is 13.7. The first-order chi connectivity index (χ1) is 15.2. The van der Waals surface area contributed by atoms with Crippen molar-refractivity contribution in [3.63, 3.8) is 0 Å². The number of likely N-dealkylation sites (tertiary alicyclic amines) is 1. The first kappa shape index (κ1) is 25.2. The third-order valence-electron chi connectivity index (χ3n) is 6.81. The minimum absolute atomic E-state index is 0.0938. The van der Waals surface area contributed by atoms with Gasteiger partial charge in [0.05, 0.1) is 0 Å². The second-order valence-electron chi connectivity index (χ2n) is 11.2. The first-order valence-electron chi connectivity index (χ1n) is 11.6. The minimum atomic E-state index is -2.66. The molecule has 2 aromatic carbocycles. The third kappa shape index (κ3) is 4.51. The second kappa shape index (κ2) is 8.73. The smallest absolute Gasteiger partial charge is 0.412 e. The van der Waals surface area contributed by atoms with Gasteiger partial charge in [0.2, 0.25) is 5.72 Å². The number of nitrogens with zero attached hydrogens (tertiary/aromatic N) is 1. The monoisotopic (exact) mass is 467 g/mol. The average molecular weight is 468 g/mol.